The number of nitrogens with zero attached hydrogens (tertiary/aromatic N) is 4. The van der Waals surface area contributed by atoms with Gasteiger partial charge in [0.2, 0.25) is 11.8 Å². The number of carbonyl (C=O) groups excluding carboxylic acids is 2. The normalized spacial score (nSPS) is 17.7. The Labute approximate surface area is 219 Å². The van der Waals surface area contributed by atoms with Gasteiger partial charge in [-0.25, -0.2) is 4.98 Å². The van der Waals surface area contributed by atoms with Crippen LogP contribution in [0, 0.1) is 0 Å². The molecule has 1 aromatic heterocycles. The number of benzene rings is 2. The Balaban J connectivity index is 1.48. The number of aromatic nitrogens is 1. The molecule has 0 radical (unpaired) electrons. The van der Waals surface area contributed by atoms with Gasteiger partial charge in [0.15, 0.2) is 0 Å². The Bertz CT molecular complexity index is 1330. The van der Waals surface area contributed by atoms with Gasteiger partial charge in [-0.3, -0.25) is 14.6 Å². The summed E-state index contributed by atoms with van der Waals surface area (Å²) in [4.78, 5) is 38.4. The fourth-order valence-electron chi connectivity index (χ4n) is 4.53. The number of piperazine rings is 1. The van der Waals surface area contributed by atoms with Crippen molar-refractivity contribution in [1.29, 1.82) is 0 Å². The molecule has 1 unspecified atom stereocenters. The molecule has 7 nitrogen and oxygen atoms in total. The largest absolute Gasteiger partial charge is 0.353 e. The Hall–Kier alpha value is -3.42. The van der Waals surface area contributed by atoms with Crippen LogP contribution in [0.3, 0.4) is 0 Å². The number of anilines is 2. The highest BCUT2D eigenvalue weighted by Crippen LogP contribution is 2.29. The van der Waals surface area contributed by atoms with E-state index >= 15 is 0 Å². The first-order valence-electron chi connectivity index (χ1n) is 11.8. The van der Waals surface area contributed by atoms with E-state index in [0.29, 0.717) is 41.0 Å². The lowest BCUT2D eigenvalue weighted by Crippen LogP contribution is -2.48. The van der Waals surface area contributed by atoms with Crippen LogP contribution in [0.5, 0.6) is 0 Å². The molecule has 1 fully saturated rings. The maximum atomic E-state index is 13.1. The zero-order chi connectivity index (χ0) is 25.2. The summed E-state index contributed by atoms with van der Waals surface area (Å²) in [6.07, 6.45) is 2.14. The van der Waals surface area contributed by atoms with E-state index in [2.05, 4.69) is 10.2 Å². The van der Waals surface area contributed by atoms with E-state index in [0.717, 1.165) is 35.6 Å². The van der Waals surface area contributed by atoms with Crippen molar-refractivity contribution in [2.45, 2.75) is 19.4 Å². The van der Waals surface area contributed by atoms with Crippen LogP contribution in [0.1, 0.15) is 23.6 Å². The zero-order valence-corrected chi connectivity index (χ0v) is 21.3. The second-order valence-corrected chi connectivity index (χ2v) is 9.71. The predicted octanol–water partition coefficient (Wildman–Crippen LogP) is 4.46. The molecule has 3 heterocycles. The lowest BCUT2D eigenvalue weighted by atomic mass is 10.0. The number of carbonyl (C=O) groups is 2. The van der Waals surface area contributed by atoms with Gasteiger partial charge in [0, 0.05) is 66.9 Å². The Morgan fingerprint density at radius 2 is 1.83 bits per heavy atom. The molecule has 9 heteroatoms. The number of hydrogen-bond donors (Lipinski definition) is 1. The Morgan fingerprint density at radius 1 is 1.06 bits per heavy atom. The summed E-state index contributed by atoms with van der Waals surface area (Å²) in [6, 6.07) is 16.1. The van der Waals surface area contributed by atoms with E-state index in [1.165, 1.54) is 0 Å². The minimum atomic E-state index is -0.676. The van der Waals surface area contributed by atoms with Gasteiger partial charge in [-0.15, -0.1) is 0 Å². The maximum Gasteiger partial charge on any atom is 0.249 e. The van der Waals surface area contributed by atoms with Crippen LogP contribution in [-0.2, 0) is 16.0 Å². The number of hydrogen-bond acceptors (Lipinski definition) is 5. The highest BCUT2D eigenvalue weighted by atomic mass is 35.5. The van der Waals surface area contributed by atoms with Crippen molar-refractivity contribution < 1.29 is 9.59 Å². The van der Waals surface area contributed by atoms with Crippen LogP contribution in [0.4, 0.5) is 11.5 Å². The van der Waals surface area contributed by atoms with Crippen molar-refractivity contribution in [2.24, 2.45) is 4.99 Å². The molecule has 5 rings (SSSR count). The van der Waals surface area contributed by atoms with E-state index in [9.17, 15) is 9.59 Å². The molecular formula is C27H25Cl2N5O2. The van der Waals surface area contributed by atoms with Gasteiger partial charge in [0.25, 0.3) is 0 Å². The molecule has 2 aliphatic heterocycles. The van der Waals surface area contributed by atoms with E-state index in [-0.39, 0.29) is 11.8 Å². The zero-order valence-electron chi connectivity index (χ0n) is 19.7. The summed E-state index contributed by atoms with van der Waals surface area (Å²) in [5, 5.41) is 4.15. The van der Waals surface area contributed by atoms with Crippen molar-refractivity contribution in [1.82, 2.24) is 9.88 Å². The van der Waals surface area contributed by atoms with E-state index in [1.54, 1.807) is 25.3 Å². The fraction of sp³-hybridized carbons (Fsp3) is 0.259. The lowest BCUT2D eigenvalue weighted by molar-refractivity contribution is -0.129. The maximum absolute atomic E-state index is 13.1. The van der Waals surface area contributed by atoms with Gasteiger partial charge >= 0.3 is 0 Å². The number of amides is 2. The van der Waals surface area contributed by atoms with Crippen molar-refractivity contribution in [2.75, 3.05) is 36.4 Å². The Kier molecular flexibility index (Phi) is 6.94. The molecule has 3 aromatic rings. The van der Waals surface area contributed by atoms with Gasteiger partial charge in [0.05, 0.1) is 11.4 Å². The third-order valence-electron chi connectivity index (χ3n) is 6.52. The highest BCUT2D eigenvalue weighted by molar-refractivity contribution is 6.32. The molecule has 2 amide bonds. The van der Waals surface area contributed by atoms with Crippen molar-refractivity contribution >= 4 is 52.2 Å². The monoisotopic (exact) mass is 521 g/mol. The third-order valence-corrected chi connectivity index (χ3v) is 7.13. The first kappa shape index (κ1) is 24.3. The summed E-state index contributed by atoms with van der Waals surface area (Å²) < 4.78 is 0. The van der Waals surface area contributed by atoms with Crippen LogP contribution in [0.2, 0.25) is 10.0 Å². The molecule has 1 saturated heterocycles. The van der Waals surface area contributed by atoms with E-state index in [4.69, 9.17) is 33.2 Å². The molecule has 2 aliphatic rings. The first-order valence-corrected chi connectivity index (χ1v) is 12.5. The summed E-state index contributed by atoms with van der Waals surface area (Å²) in [5.41, 5.74) is 3.66. The van der Waals surface area contributed by atoms with Gasteiger partial charge in [-0.05, 0) is 42.0 Å². The summed E-state index contributed by atoms with van der Waals surface area (Å²) in [6.45, 7) is 4.40. The van der Waals surface area contributed by atoms with Crippen LogP contribution in [0.15, 0.2) is 65.8 Å². The molecule has 0 spiro atoms. The number of rotatable bonds is 4. The van der Waals surface area contributed by atoms with Gasteiger partial charge in [0.1, 0.15) is 11.9 Å². The van der Waals surface area contributed by atoms with Crippen LogP contribution in [0.25, 0.3) is 0 Å². The standard InChI is InChI=1S/C27H25Cl2N5O2/c1-17(35)33-10-12-34(13-11-33)25-9-6-19(16-30-25)26-21-15-20(28)7-8-23(21)32-27(36)24(31-26)14-18-4-2-3-5-22(18)29/h2-9,15-16,24H,10-14H2,1H3,(H,32,36). The second-order valence-electron chi connectivity index (χ2n) is 8.87. The molecule has 1 N–H and O–H groups in total. The van der Waals surface area contributed by atoms with Gasteiger partial charge in [-0.1, -0.05) is 41.4 Å². The topological polar surface area (TPSA) is 77.9 Å². The van der Waals surface area contributed by atoms with Crippen molar-refractivity contribution in [3.63, 3.8) is 0 Å². The van der Waals surface area contributed by atoms with Gasteiger partial charge < -0.3 is 15.1 Å². The lowest BCUT2D eigenvalue weighted by Gasteiger charge is -2.34. The average molecular weight is 522 g/mol. The van der Waals surface area contributed by atoms with E-state index < -0.39 is 6.04 Å². The average Bonchev–Trinajstić information content (AvgIpc) is 3.01. The molecule has 2 aromatic carbocycles. The minimum Gasteiger partial charge on any atom is -0.353 e. The Morgan fingerprint density at radius 3 is 2.53 bits per heavy atom. The first-order chi connectivity index (χ1) is 17.4. The van der Waals surface area contributed by atoms with Crippen LogP contribution < -0.4 is 10.2 Å². The fourth-order valence-corrected chi connectivity index (χ4v) is 4.91. The summed E-state index contributed by atoms with van der Waals surface area (Å²) in [5.74, 6) is 0.724. The minimum absolute atomic E-state index is 0.0937. The summed E-state index contributed by atoms with van der Waals surface area (Å²) >= 11 is 12.7. The molecule has 0 aliphatic carbocycles. The number of pyridine rings is 1. The number of benzodiazepines with no additional fused rings is 1. The molecule has 36 heavy (non-hydrogen) atoms. The van der Waals surface area contributed by atoms with Crippen molar-refractivity contribution in [3.8, 4) is 0 Å². The molecule has 184 valence electrons. The SMILES string of the molecule is CC(=O)N1CCN(c2ccc(C3=NC(Cc4ccccc4Cl)C(=O)Nc4ccc(Cl)cc43)cn2)CC1. The number of aliphatic imine (C=N–C) groups is 1. The summed E-state index contributed by atoms with van der Waals surface area (Å²) in [7, 11) is 0. The third kappa shape index (κ3) is 5.08. The number of fused-ring (bicyclic) bond motifs is 1. The number of nitrogens with one attached hydrogen (secondary N) is 1. The highest BCUT2D eigenvalue weighted by Gasteiger charge is 2.27. The molecule has 0 bridgehead atoms. The second kappa shape index (κ2) is 10.3. The smallest absolute Gasteiger partial charge is 0.249 e. The van der Waals surface area contributed by atoms with Crippen molar-refractivity contribution in [3.05, 3.63) is 87.5 Å². The van der Waals surface area contributed by atoms with E-state index in [1.807, 2.05) is 47.4 Å². The molecule has 1 atom stereocenters. The molecular weight excluding hydrogens is 497 g/mol. The van der Waals surface area contributed by atoms with Crippen LogP contribution in [-0.4, -0.2) is 59.6 Å². The number of halogens is 2. The predicted molar refractivity (Wildman–Crippen MR) is 143 cm³/mol. The molecule has 0 saturated carbocycles. The van der Waals surface area contributed by atoms with Gasteiger partial charge in [-0.2, -0.15) is 0 Å². The van der Waals surface area contributed by atoms with Crippen LogP contribution >= 0.6 is 23.2 Å². The quantitative estimate of drug-likeness (QED) is 0.549.